The van der Waals surface area contributed by atoms with Crippen molar-refractivity contribution in [1.29, 1.82) is 5.26 Å². The monoisotopic (exact) mass is 1420 g/mol. The van der Waals surface area contributed by atoms with Gasteiger partial charge in [0, 0.05) is 78.3 Å². The fraction of sp³-hybridized carbons (Fsp3) is 0.392. The standard InChI is InChI=1S/C79H89N6O17P/c1-49(2)85(50(3)4)103(96-42-20-39-80)102-66-46-69(100-67(66)48-95-78(53-21-16-15-17-22-53,54-25-29-56(93-11)30-26-54)55-27-31-57(94-12)32-28-55)84-47-52(71(88)83-75(84)92)24-38-68(86)81-40-18-13-14-19-41-82-70(87)51-23-35-60-63(43-51)79(101-72(60)89)61-36-33-58(97-73(90)76(5,6)7)44-64(61)99-65-45-59(34-37-62(65)79)98-74(91)77(8,9)10/h15-17,21-38,43-45,47,49-50,66-67,69H,13-14,18-20,40-42,46,48H2,1-12H3,(H,81,86)(H,82,87)(H,83,88,92)/b38-24+/t66-,67+,69+,103?/m0/s1. The van der Waals surface area contributed by atoms with Crippen LogP contribution < -0.4 is 45.6 Å². The Kier molecular flexibility index (Phi) is 24.1. The number of amides is 2. The van der Waals surface area contributed by atoms with Crippen molar-refractivity contribution in [2.75, 3.05) is 40.5 Å². The van der Waals surface area contributed by atoms with Crippen LogP contribution in [0.5, 0.6) is 34.5 Å². The number of aromatic amines is 1. The predicted octanol–water partition coefficient (Wildman–Crippen LogP) is 13.1. The Morgan fingerprint density at radius 3 is 1.81 bits per heavy atom. The molecule has 1 saturated heterocycles. The Balaban J connectivity index is 0.795. The number of nitrogens with one attached hydrogen (secondary N) is 3. The van der Waals surface area contributed by atoms with Crippen LogP contribution in [-0.4, -0.2) is 109 Å². The molecule has 542 valence electrons. The van der Waals surface area contributed by atoms with E-state index >= 15 is 0 Å². The summed E-state index contributed by atoms with van der Waals surface area (Å²) >= 11 is 0. The number of benzene rings is 6. The van der Waals surface area contributed by atoms with Crippen molar-refractivity contribution in [3.8, 4) is 40.6 Å². The zero-order chi connectivity index (χ0) is 74.0. The molecule has 1 unspecified atom stereocenters. The van der Waals surface area contributed by atoms with Gasteiger partial charge in [0.1, 0.15) is 52.4 Å². The van der Waals surface area contributed by atoms with Crippen LogP contribution >= 0.6 is 8.53 Å². The van der Waals surface area contributed by atoms with Gasteiger partial charge in [-0.15, -0.1) is 0 Å². The van der Waals surface area contributed by atoms with Gasteiger partial charge in [-0.1, -0.05) is 67.4 Å². The highest BCUT2D eigenvalue weighted by Gasteiger charge is 2.54. The van der Waals surface area contributed by atoms with Crippen molar-refractivity contribution in [2.45, 2.75) is 149 Å². The molecule has 4 heterocycles. The summed E-state index contributed by atoms with van der Waals surface area (Å²) < 4.78 is 66.4. The number of fused-ring (bicyclic) bond motifs is 6. The summed E-state index contributed by atoms with van der Waals surface area (Å²) in [5, 5.41) is 15.4. The molecule has 103 heavy (non-hydrogen) atoms. The van der Waals surface area contributed by atoms with Crippen molar-refractivity contribution in [1.82, 2.24) is 24.9 Å². The minimum Gasteiger partial charge on any atom is -0.497 e. The SMILES string of the molecule is COc1ccc(C(OC[C@H]2O[C@@H](n3cc(/C=C/C(=O)NCCCCCCNC(=O)c4ccc5c(c4)C4(OC5=O)c5ccc(OC(=O)C(C)(C)C)cc5Oc5cc(OC(=O)C(C)(C)C)ccc54)c(=O)[nH]c3=O)C[C@@H]2OP(OCCC#N)N(C(C)C)C(C)C)(c2ccccc2)c2ccc(OC)cc2)cc1. The molecule has 10 rings (SSSR count). The highest BCUT2D eigenvalue weighted by Crippen LogP contribution is 2.58. The van der Waals surface area contributed by atoms with Crippen LogP contribution in [0.15, 0.2) is 155 Å². The number of hydrogen-bond donors (Lipinski definition) is 3. The second-order valence-electron chi connectivity index (χ2n) is 27.9. The average molecular weight is 1430 g/mol. The van der Waals surface area contributed by atoms with Crippen LogP contribution in [-0.2, 0) is 48.8 Å². The molecule has 4 atom stereocenters. The highest BCUT2D eigenvalue weighted by atomic mass is 31.2. The molecule has 3 aliphatic heterocycles. The molecule has 7 aromatic rings. The summed E-state index contributed by atoms with van der Waals surface area (Å²) in [6.07, 6.45) is 4.12. The molecule has 1 fully saturated rings. The number of esters is 3. The molecule has 24 heteroatoms. The van der Waals surface area contributed by atoms with Crippen molar-refractivity contribution >= 4 is 44.3 Å². The summed E-state index contributed by atoms with van der Waals surface area (Å²) in [5.41, 5.74) is -1.94. The Bertz CT molecular complexity index is 4290. The normalized spacial score (nSPS) is 16.3. The van der Waals surface area contributed by atoms with Gasteiger partial charge in [-0.2, -0.15) is 5.26 Å². The van der Waals surface area contributed by atoms with Gasteiger partial charge >= 0.3 is 23.6 Å². The van der Waals surface area contributed by atoms with Crippen LogP contribution in [0.3, 0.4) is 0 Å². The predicted molar refractivity (Wildman–Crippen MR) is 386 cm³/mol. The van der Waals surface area contributed by atoms with Crippen molar-refractivity contribution in [3.63, 3.8) is 0 Å². The second-order valence-corrected chi connectivity index (χ2v) is 29.4. The number of H-pyrrole nitrogens is 1. The van der Waals surface area contributed by atoms with E-state index < -0.39 is 90.0 Å². The first-order valence-corrected chi connectivity index (χ1v) is 35.6. The van der Waals surface area contributed by atoms with Crippen LogP contribution in [0.25, 0.3) is 6.08 Å². The minimum atomic E-state index is -1.83. The largest absolute Gasteiger partial charge is 0.497 e. The summed E-state index contributed by atoms with van der Waals surface area (Å²) in [6.45, 7) is 19.2. The van der Waals surface area contributed by atoms with Crippen molar-refractivity contribution in [2.24, 2.45) is 10.8 Å². The zero-order valence-electron chi connectivity index (χ0n) is 60.1. The zero-order valence-corrected chi connectivity index (χ0v) is 61.0. The third-order valence-electron chi connectivity index (χ3n) is 17.8. The Morgan fingerprint density at radius 2 is 1.26 bits per heavy atom. The number of aromatic nitrogens is 2. The first-order valence-electron chi connectivity index (χ1n) is 34.5. The van der Waals surface area contributed by atoms with Crippen molar-refractivity contribution < 1.29 is 70.9 Å². The van der Waals surface area contributed by atoms with Crippen LogP contribution in [0, 0.1) is 22.2 Å². The van der Waals surface area contributed by atoms with E-state index in [4.69, 9.17) is 46.9 Å². The molecule has 1 spiro atoms. The van der Waals surface area contributed by atoms with Crippen LogP contribution in [0.2, 0.25) is 0 Å². The molecular formula is C79H89N6O17P. The van der Waals surface area contributed by atoms with Gasteiger partial charge in [0.25, 0.3) is 20.0 Å². The molecule has 2 amide bonds. The summed E-state index contributed by atoms with van der Waals surface area (Å²) in [4.78, 5) is 96.9. The van der Waals surface area contributed by atoms with Gasteiger partial charge in [0.15, 0.2) is 5.60 Å². The van der Waals surface area contributed by atoms with E-state index in [1.165, 1.54) is 35.0 Å². The third kappa shape index (κ3) is 17.1. The maximum Gasteiger partial charge on any atom is 0.340 e. The number of methoxy groups -OCH3 is 2. The topological polar surface area (TPSA) is 284 Å². The molecule has 0 radical (unpaired) electrons. The smallest absolute Gasteiger partial charge is 0.340 e. The van der Waals surface area contributed by atoms with Gasteiger partial charge in [-0.05, 0) is 172 Å². The molecule has 0 saturated carbocycles. The quantitative estimate of drug-likeness (QED) is 0.00980. The number of rotatable bonds is 29. The van der Waals surface area contributed by atoms with E-state index in [2.05, 4.69) is 26.4 Å². The van der Waals surface area contributed by atoms with Crippen LogP contribution in [0.1, 0.15) is 174 Å². The maximum absolute atomic E-state index is 13.9. The fourth-order valence-corrected chi connectivity index (χ4v) is 14.2. The van der Waals surface area contributed by atoms with Gasteiger partial charge in [-0.25, -0.2) is 14.3 Å². The Morgan fingerprint density at radius 1 is 0.709 bits per heavy atom. The van der Waals surface area contributed by atoms with Gasteiger partial charge in [0.05, 0.1) is 68.0 Å². The van der Waals surface area contributed by atoms with Crippen molar-refractivity contribution in [3.05, 3.63) is 217 Å². The minimum absolute atomic E-state index is 0.0135. The lowest BCUT2D eigenvalue weighted by molar-refractivity contribution is -0.143. The van der Waals surface area contributed by atoms with Crippen LogP contribution in [0.4, 0.5) is 0 Å². The highest BCUT2D eigenvalue weighted by molar-refractivity contribution is 7.44. The van der Waals surface area contributed by atoms with E-state index in [-0.39, 0.29) is 77.8 Å². The number of ether oxygens (including phenoxy) is 8. The number of carbonyl (C=O) groups is 5. The number of unbranched alkanes of at least 4 members (excludes halogenated alkanes) is 3. The number of nitrogens with zero attached hydrogens (tertiary/aromatic N) is 3. The summed E-state index contributed by atoms with van der Waals surface area (Å²) in [6, 6.07) is 41.4. The number of hydrogen-bond acceptors (Lipinski definition) is 19. The lowest BCUT2D eigenvalue weighted by atomic mass is 9.77. The molecule has 3 N–H and O–H groups in total. The lowest BCUT2D eigenvalue weighted by Gasteiger charge is -2.39. The maximum atomic E-state index is 13.9. The van der Waals surface area contributed by atoms with Gasteiger partial charge in [0.2, 0.25) is 5.91 Å². The summed E-state index contributed by atoms with van der Waals surface area (Å²) in [7, 11) is 1.37. The fourth-order valence-electron chi connectivity index (χ4n) is 12.5. The molecule has 3 aliphatic rings. The van der Waals surface area contributed by atoms with Gasteiger partial charge in [-0.3, -0.25) is 33.5 Å². The molecule has 0 bridgehead atoms. The van der Waals surface area contributed by atoms with E-state index in [0.29, 0.717) is 67.0 Å². The molecule has 6 aromatic carbocycles. The molecule has 1 aromatic heterocycles. The van der Waals surface area contributed by atoms with E-state index in [0.717, 1.165) is 16.7 Å². The summed E-state index contributed by atoms with van der Waals surface area (Å²) in [5.74, 6) is -0.397. The Labute approximate surface area is 600 Å². The average Bonchev–Trinajstić information content (AvgIpc) is 1.60. The first-order chi connectivity index (χ1) is 49.2. The molecule has 23 nitrogen and oxygen atoms in total. The third-order valence-corrected chi connectivity index (χ3v) is 19.9. The lowest BCUT2D eigenvalue weighted by Crippen LogP contribution is -2.39. The molecular weight excluding hydrogens is 1340 g/mol. The Hall–Kier alpha value is -9.79. The molecule has 0 aliphatic carbocycles. The second kappa shape index (κ2) is 32.7. The number of nitriles is 1. The van der Waals surface area contributed by atoms with E-state index in [9.17, 15) is 38.8 Å². The number of carbonyl (C=O) groups excluding carboxylic acids is 5. The van der Waals surface area contributed by atoms with Gasteiger partial charge < -0.3 is 57.6 Å². The van der Waals surface area contributed by atoms with E-state index in [1.54, 1.807) is 98.2 Å². The van der Waals surface area contributed by atoms with E-state index in [1.807, 2.05) is 107 Å². The first kappa shape index (κ1) is 75.9.